The van der Waals surface area contributed by atoms with E-state index in [1.807, 2.05) is 60.7 Å². The number of amides is 2. The zero-order chi connectivity index (χ0) is 20.2. The highest BCUT2D eigenvalue weighted by Crippen LogP contribution is 2.33. The van der Waals surface area contributed by atoms with Gasteiger partial charge in [0.2, 0.25) is 11.8 Å². The summed E-state index contributed by atoms with van der Waals surface area (Å²) in [6.07, 6.45) is 6.94. The van der Waals surface area contributed by atoms with Crippen molar-refractivity contribution in [3.63, 3.8) is 0 Å². The average Bonchev–Trinajstić information content (AvgIpc) is 2.75. The Kier molecular flexibility index (Phi) is 5.16. The van der Waals surface area contributed by atoms with Crippen LogP contribution in [0, 0.1) is 0 Å². The molecule has 144 valence electrons. The van der Waals surface area contributed by atoms with E-state index in [-0.39, 0.29) is 24.3 Å². The fourth-order valence-corrected chi connectivity index (χ4v) is 3.43. The maximum atomic E-state index is 12.7. The Morgan fingerprint density at radius 1 is 1.00 bits per heavy atom. The zero-order valence-corrected chi connectivity index (χ0v) is 15.9. The molecule has 1 unspecified atom stereocenters. The lowest BCUT2D eigenvalue weighted by molar-refractivity contribution is -0.129. The van der Waals surface area contributed by atoms with Gasteiger partial charge in [-0.3, -0.25) is 9.59 Å². The summed E-state index contributed by atoms with van der Waals surface area (Å²) in [5, 5.41) is 2.83. The van der Waals surface area contributed by atoms with Crippen LogP contribution in [0.2, 0.25) is 0 Å². The highest BCUT2D eigenvalue weighted by atomic mass is 16.2. The van der Waals surface area contributed by atoms with E-state index in [9.17, 15) is 9.59 Å². The summed E-state index contributed by atoms with van der Waals surface area (Å²) in [6.45, 7) is 1.50. The molecule has 0 spiro atoms. The second kappa shape index (κ2) is 8.06. The van der Waals surface area contributed by atoms with Gasteiger partial charge in [0.15, 0.2) is 5.82 Å². The predicted molar refractivity (Wildman–Crippen MR) is 111 cm³/mol. The van der Waals surface area contributed by atoms with Crippen molar-refractivity contribution in [2.24, 2.45) is 0 Å². The molecular weight excluding hydrogens is 364 g/mol. The lowest BCUT2D eigenvalue weighted by Gasteiger charge is -2.32. The van der Waals surface area contributed by atoms with Crippen molar-refractivity contribution < 1.29 is 9.59 Å². The molecule has 1 N–H and O–H groups in total. The first-order valence-electron chi connectivity index (χ1n) is 9.35. The standard InChI is InChI=1S/C23H20N4O2/c1-16(28)27-12-11-17-7-5-6-10-20(17)21(27)13-22(29)26-19-14-24-23(25-15-19)18-8-3-2-4-9-18/h2-12,14-15,21H,13H2,1H3,(H,26,29). The van der Waals surface area contributed by atoms with Crippen molar-refractivity contribution in [1.82, 2.24) is 14.9 Å². The molecule has 4 rings (SSSR count). The molecule has 2 aromatic carbocycles. The van der Waals surface area contributed by atoms with Gasteiger partial charge < -0.3 is 10.2 Å². The number of hydrogen-bond donors (Lipinski definition) is 1. The van der Waals surface area contributed by atoms with E-state index in [2.05, 4.69) is 15.3 Å². The Morgan fingerprint density at radius 2 is 1.69 bits per heavy atom. The zero-order valence-electron chi connectivity index (χ0n) is 15.9. The summed E-state index contributed by atoms with van der Waals surface area (Å²) < 4.78 is 0. The van der Waals surface area contributed by atoms with E-state index in [0.717, 1.165) is 16.7 Å². The summed E-state index contributed by atoms with van der Waals surface area (Å²) in [5.74, 6) is 0.282. The molecule has 0 bridgehead atoms. The number of carbonyl (C=O) groups is 2. The number of hydrogen-bond acceptors (Lipinski definition) is 4. The van der Waals surface area contributed by atoms with Crippen LogP contribution < -0.4 is 5.32 Å². The minimum Gasteiger partial charge on any atom is -0.323 e. The Balaban J connectivity index is 1.49. The van der Waals surface area contributed by atoms with Crippen LogP contribution in [-0.4, -0.2) is 26.7 Å². The Bertz CT molecular complexity index is 1060. The van der Waals surface area contributed by atoms with Gasteiger partial charge in [-0.1, -0.05) is 54.6 Å². The molecule has 1 aromatic heterocycles. The second-order valence-electron chi connectivity index (χ2n) is 6.80. The molecule has 0 saturated heterocycles. The third-order valence-electron chi connectivity index (χ3n) is 4.82. The van der Waals surface area contributed by atoms with Crippen molar-refractivity contribution in [2.45, 2.75) is 19.4 Å². The van der Waals surface area contributed by atoms with Crippen molar-refractivity contribution in [2.75, 3.05) is 5.32 Å². The van der Waals surface area contributed by atoms with Crippen LogP contribution in [0.4, 0.5) is 5.69 Å². The van der Waals surface area contributed by atoms with Crippen molar-refractivity contribution in [3.05, 3.63) is 84.3 Å². The summed E-state index contributed by atoms with van der Waals surface area (Å²) >= 11 is 0. The molecule has 29 heavy (non-hydrogen) atoms. The molecule has 0 saturated carbocycles. The van der Waals surface area contributed by atoms with Gasteiger partial charge in [-0.15, -0.1) is 0 Å². The van der Waals surface area contributed by atoms with E-state index in [1.54, 1.807) is 23.5 Å². The quantitative estimate of drug-likeness (QED) is 0.736. The SMILES string of the molecule is CC(=O)N1C=Cc2ccccc2C1CC(=O)Nc1cnc(-c2ccccc2)nc1. The molecule has 1 aliphatic heterocycles. The Morgan fingerprint density at radius 3 is 2.41 bits per heavy atom. The molecule has 6 nitrogen and oxygen atoms in total. The number of anilines is 1. The van der Waals surface area contributed by atoms with Crippen LogP contribution in [0.25, 0.3) is 17.5 Å². The molecular formula is C23H20N4O2. The molecule has 1 atom stereocenters. The van der Waals surface area contributed by atoms with E-state index in [0.29, 0.717) is 11.5 Å². The van der Waals surface area contributed by atoms with Crippen LogP contribution in [0.3, 0.4) is 0 Å². The number of rotatable bonds is 4. The lowest BCUT2D eigenvalue weighted by Crippen LogP contribution is -2.33. The Hall–Kier alpha value is -3.80. The first kappa shape index (κ1) is 18.6. The number of fused-ring (bicyclic) bond motifs is 1. The van der Waals surface area contributed by atoms with E-state index in [1.165, 1.54) is 6.92 Å². The molecule has 0 fully saturated rings. The topological polar surface area (TPSA) is 75.2 Å². The maximum absolute atomic E-state index is 12.7. The second-order valence-corrected chi connectivity index (χ2v) is 6.80. The fraction of sp³-hybridized carbons (Fsp3) is 0.130. The number of carbonyl (C=O) groups excluding carboxylic acids is 2. The van der Waals surface area contributed by atoms with Crippen LogP contribution in [0.5, 0.6) is 0 Å². The molecule has 0 radical (unpaired) electrons. The summed E-state index contributed by atoms with van der Waals surface area (Å²) in [5.41, 5.74) is 3.39. The number of nitrogens with one attached hydrogen (secondary N) is 1. The van der Waals surface area contributed by atoms with E-state index >= 15 is 0 Å². The molecule has 2 amide bonds. The van der Waals surface area contributed by atoms with Crippen molar-refractivity contribution in [3.8, 4) is 11.4 Å². The minimum atomic E-state index is -0.349. The summed E-state index contributed by atoms with van der Waals surface area (Å²) in [6, 6.07) is 17.1. The molecule has 3 aromatic rings. The third-order valence-corrected chi connectivity index (χ3v) is 4.82. The van der Waals surface area contributed by atoms with Gasteiger partial charge in [-0.05, 0) is 17.2 Å². The van der Waals surface area contributed by atoms with Gasteiger partial charge in [0.1, 0.15) is 0 Å². The van der Waals surface area contributed by atoms with Gasteiger partial charge in [-0.25, -0.2) is 9.97 Å². The molecule has 1 aliphatic rings. The van der Waals surface area contributed by atoms with E-state index < -0.39 is 0 Å². The van der Waals surface area contributed by atoms with Crippen LogP contribution in [0.1, 0.15) is 30.5 Å². The Labute approximate surface area is 168 Å². The third kappa shape index (κ3) is 4.06. The van der Waals surface area contributed by atoms with Crippen LogP contribution in [0.15, 0.2) is 73.2 Å². The smallest absolute Gasteiger partial charge is 0.226 e. The highest BCUT2D eigenvalue weighted by molar-refractivity contribution is 5.91. The molecule has 0 aliphatic carbocycles. The normalized spacial score (nSPS) is 14.9. The highest BCUT2D eigenvalue weighted by Gasteiger charge is 2.28. The van der Waals surface area contributed by atoms with Crippen LogP contribution in [-0.2, 0) is 9.59 Å². The largest absolute Gasteiger partial charge is 0.323 e. The van der Waals surface area contributed by atoms with Gasteiger partial charge in [0.05, 0.1) is 30.5 Å². The molecule has 2 heterocycles. The fourth-order valence-electron chi connectivity index (χ4n) is 3.43. The maximum Gasteiger partial charge on any atom is 0.226 e. The van der Waals surface area contributed by atoms with Gasteiger partial charge in [0, 0.05) is 18.7 Å². The first-order chi connectivity index (χ1) is 14.1. The first-order valence-corrected chi connectivity index (χ1v) is 9.35. The predicted octanol–water partition coefficient (Wildman–Crippen LogP) is 4.05. The van der Waals surface area contributed by atoms with Gasteiger partial charge in [0.25, 0.3) is 0 Å². The van der Waals surface area contributed by atoms with Crippen LogP contribution >= 0.6 is 0 Å². The number of nitrogens with zero attached hydrogens (tertiary/aromatic N) is 3. The summed E-state index contributed by atoms with van der Waals surface area (Å²) in [7, 11) is 0. The van der Waals surface area contributed by atoms with Crippen molar-refractivity contribution in [1.29, 1.82) is 0 Å². The number of benzene rings is 2. The lowest BCUT2D eigenvalue weighted by atomic mass is 9.93. The summed E-state index contributed by atoms with van der Waals surface area (Å²) in [4.78, 5) is 35.0. The monoisotopic (exact) mass is 384 g/mol. The molecule has 6 heteroatoms. The number of aromatic nitrogens is 2. The van der Waals surface area contributed by atoms with Crippen molar-refractivity contribution >= 4 is 23.6 Å². The van der Waals surface area contributed by atoms with Gasteiger partial charge in [-0.2, -0.15) is 0 Å². The minimum absolute atomic E-state index is 0.107. The van der Waals surface area contributed by atoms with E-state index in [4.69, 9.17) is 0 Å². The average molecular weight is 384 g/mol. The van der Waals surface area contributed by atoms with Gasteiger partial charge >= 0.3 is 0 Å².